The molecule has 1 saturated heterocycles. The van der Waals surface area contributed by atoms with Gasteiger partial charge in [0.25, 0.3) is 5.78 Å². The number of hydrogen-bond donors (Lipinski definition) is 2. The van der Waals surface area contributed by atoms with Crippen LogP contribution in [0, 0.1) is 5.92 Å². The molecule has 1 unspecified atom stereocenters. The van der Waals surface area contributed by atoms with Crippen LogP contribution in [0.4, 0.5) is 24.8 Å². The number of carbonyl (C=O) groups is 2. The molecule has 38 heavy (non-hydrogen) atoms. The van der Waals surface area contributed by atoms with Crippen LogP contribution >= 0.6 is 12.4 Å². The molecule has 3 N–H and O–H groups in total. The fourth-order valence-corrected chi connectivity index (χ4v) is 4.56. The quantitative estimate of drug-likeness (QED) is 0.392. The number of piperidine rings is 1. The lowest BCUT2D eigenvalue weighted by Gasteiger charge is -2.34. The summed E-state index contributed by atoms with van der Waals surface area (Å²) in [5.41, 5.74) is 6.80. The third-order valence-corrected chi connectivity index (χ3v) is 6.29. The van der Waals surface area contributed by atoms with Gasteiger partial charge in [0, 0.05) is 24.3 Å². The van der Waals surface area contributed by atoms with Crippen molar-refractivity contribution in [3.8, 4) is 17.0 Å². The Hall–Kier alpha value is -3.86. The van der Waals surface area contributed by atoms with Gasteiger partial charge >= 0.3 is 12.1 Å². The minimum atomic E-state index is -5.03. The SMILES string of the molecule is COc1ccccc1-c1ccc(C(=O)O)c(N2CCCC(Cc3ccc(C(=O)C(F)(F)F)c(N)n3)C2)n1.Cl. The Labute approximate surface area is 223 Å². The minimum absolute atomic E-state index is 0. The van der Waals surface area contributed by atoms with Crippen molar-refractivity contribution in [2.45, 2.75) is 25.4 Å². The van der Waals surface area contributed by atoms with E-state index in [4.69, 9.17) is 15.5 Å². The fourth-order valence-electron chi connectivity index (χ4n) is 4.56. The van der Waals surface area contributed by atoms with Crippen LogP contribution in [0.25, 0.3) is 11.3 Å². The molecule has 12 heteroatoms. The number of methoxy groups -OCH3 is 1. The molecule has 3 heterocycles. The van der Waals surface area contributed by atoms with Crippen molar-refractivity contribution in [3.63, 3.8) is 0 Å². The zero-order valence-corrected chi connectivity index (χ0v) is 21.2. The number of carbonyl (C=O) groups excluding carboxylic acids is 1. The second-order valence-electron chi connectivity index (χ2n) is 8.79. The van der Waals surface area contributed by atoms with Gasteiger partial charge in [0.05, 0.1) is 18.4 Å². The minimum Gasteiger partial charge on any atom is -0.496 e. The molecule has 1 aromatic carbocycles. The predicted octanol–water partition coefficient (Wildman–Crippen LogP) is 5.06. The number of anilines is 2. The highest BCUT2D eigenvalue weighted by Gasteiger charge is 2.40. The topological polar surface area (TPSA) is 119 Å². The lowest BCUT2D eigenvalue weighted by atomic mass is 9.92. The first-order valence-electron chi connectivity index (χ1n) is 11.6. The summed E-state index contributed by atoms with van der Waals surface area (Å²) >= 11 is 0. The maximum Gasteiger partial charge on any atom is 0.455 e. The normalized spacial score (nSPS) is 15.5. The highest BCUT2D eigenvalue weighted by Crippen LogP contribution is 2.33. The van der Waals surface area contributed by atoms with E-state index in [2.05, 4.69) is 4.98 Å². The average molecular weight is 551 g/mol. The number of alkyl halides is 3. The molecular weight excluding hydrogens is 525 g/mol. The van der Waals surface area contributed by atoms with Gasteiger partial charge in [0.1, 0.15) is 22.9 Å². The first kappa shape index (κ1) is 28.7. The molecule has 0 radical (unpaired) electrons. The summed E-state index contributed by atoms with van der Waals surface area (Å²) in [4.78, 5) is 34.1. The van der Waals surface area contributed by atoms with E-state index < -0.39 is 29.3 Å². The number of ether oxygens (including phenoxy) is 1. The number of nitrogen functional groups attached to an aromatic ring is 1. The number of benzene rings is 1. The van der Waals surface area contributed by atoms with E-state index in [1.807, 2.05) is 23.1 Å². The van der Waals surface area contributed by atoms with Crippen LogP contribution in [0.3, 0.4) is 0 Å². The summed E-state index contributed by atoms with van der Waals surface area (Å²) in [5, 5.41) is 9.80. The van der Waals surface area contributed by atoms with E-state index in [1.54, 1.807) is 19.2 Å². The third kappa shape index (κ3) is 6.16. The number of Topliss-reactive ketones (excluding diaryl/α,β-unsaturated/α-hetero) is 1. The van der Waals surface area contributed by atoms with Crippen LogP contribution in [0.1, 0.15) is 39.3 Å². The number of rotatable bonds is 7. The Kier molecular flexibility index (Phi) is 8.82. The zero-order chi connectivity index (χ0) is 26.7. The van der Waals surface area contributed by atoms with Gasteiger partial charge < -0.3 is 20.5 Å². The van der Waals surface area contributed by atoms with Gasteiger partial charge in [-0.15, -0.1) is 12.4 Å². The largest absolute Gasteiger partial charge is 0.496 e. The summed E-state index contributed by atoms with van der Waals surface area (Å²) in [6.45, 7) is 1.06. The van der Waals surface area contributed by atoms with E-state index in [0.29, 0.717) is 42.5 Å². The Balaban J connectivity index is 0.00000400. The second kappa shape index (κ2) is 11.7. The van der Waals surface area contributed by atoms with Crippen molar-refractivity contribution in [1.29, 1.82) is 0 Å². The molecule has 0 aliphatic carbocycles. The van der Waals surface area contributed by atoms with E-state index in [0.717, 1.165) is 24.5 Å². The number of para-hydroxylation sites is 1. The monoisotopic (exact) mass is 550 g/mol. The molecule has 0 amide bonds. The average Bonchev–Trinajstić information content (AvgIpc) is 2.87. The van der Waals surface area contributed by atoms with Crippen LogP contribution in [-0.4, -0.2) is 53.2 Å². The van der Waals surface area contributed by atoms with Crippen LogP contribution in [0.15, 0.2) is 48.5 Å². The number of carboxylic acid groups (broad SMARTS) is 1. The van der Waals surface area contributed by atoms with Gasteiger partial charge in [-0.25, -0.2) is 14.8 Å². The first-order valence-corrected chi connectivity index (χ1v) is 11.6. The summed E-state index contributed by atoms with van der Waals surface area (Å²) in [6, 6.07) is 12.9. The van der Waals surface area contributed by atoms with Crippen molar-refractivity contribution in [2.24, 2.45) is 5.92 Å². The van der Waals surface area contributed by atoms with Gasteiger partial charge in [-0.1, -0.05) is 12.1 Å². The highest BCUT2D eigenvalue weighted by molar-refractivity contribution is 6.03. The Bertz CT molecular complexity index is 1340. The lowest BCUT2D eigenvalue weighted by Crippen LogP contribution is -2.38. The molecule has 1 fully saturated rings. The van der Waals surface area contributed by atoms with Crippen molar-refractivity contribution in [3.05, 3.63) is 65.4 Å². The molecule has 1 aliphatic heterocycles. The Morgan fingerprint density at radius 1 is 1.11 bits per heavy atom. The number of carboxylic acids is 1. The highest BCUT2D eigenvalue weighted by atomic mass is 35.5. The molecule has 202 valence electrons. The predicted molar refractivity (Wildman–Crippen MR) is 138 cm³/mol. The van der Waals surface area contributed by atoms with Gasteiger partial charge in [-0.3, -0.25) is 4.79 Å². The number of hydrogen-bond acceptors (Lipinski definition) is 7. The zero-order valence-electron chi connectivity index (χ0n) is 20.4. The molecule has 8 nitrogen and oxygen atoms in total. The van der Waals surface area contributed by atoms with Gasteiger partial charge in [0.2, 0.25) is 0 Å². The van der Waals surface area contributed by atoms with Crippen LogP contribution in [0.2, 0.25) is 0 Å². The van der Waals surface area contributed by atoms with E-state index in [-0.39, 0.29) is 23.9 Å². The van der Waals surface area contributed by atoms with Crippen molar-refractivity contribution in [2.75, 3.05) is 30.8 Å². The van der Waals surface area contributed by atoms with Crippen molar-refractivity contribution in [1.82, 2.24) is 9.97 Å². The molecule has 0 spiro atoms. The standard InChI is InChI=1S/C26H25F3N4O4.ClH/c1-37-21-7-3-2-6-17(21)20-11-10-19(25(35)36)24(32-20)33-12-4-5-15(14-33)13-16-8-9-18(23(30)31-16)22(34)26(27,28)29;/h2-3,6-11,15H,4-5,12-14H2,1H3,(H2,30,31)(H,35,36);1H. The van der Waals surface area contributed by atoms with Gasteiger partial charge in [0.15, 0.2) is 0 Å². The number of nitrogens with zero attached hydrogens (tertiary/aromatic N) is 3. The molecule has 0 saturated carbocycles. The third-order valence-electron chi connectivity index (χ3n) is 6.29. The summed E-state index contributed by atoms with van der Waals surface area (Å²) in [5.74, 6) is -2.64. The van der Waals surface area contributed by atoms with Gasteiger partial charge in [-0.2, -0.15) is 13.2 Å². The molecule has 4 rings (SSSR count). The summed E-state index contributed by atoms with van der Waals surface area (Å²) in [6.07, 6.45) is -3.08. The second-order valence-corrected chi connectivity index (χ2v) is 8.79. The molecule has 0 bridgehead atoms. The molecule has 2 aromatic heterocycles. The van der Waals surface area contributed by atoms with Crippen LogP contribution in [-0.2, 0) is 6.42 Å². The number of pyridine rings is 2. The van der Waals surface area contributed by atoms with Crippen LogP contribution in [0.5, 0.6) is 5.75 Å². The van der Waals surface area contributed by atoms with E-state index >= 15 is 0 Å². The first-order chi connectivity index (χ1) is 17.6. The molecule has 1 atom stereocenters. The summed E-state index contributed by atoms with van der Waals surface area (Å²) in [7, 11) is 1.55. The maximum absolute atomic E-state index is 12.8. The summed E-state index contributed by atoms with van der Waals surface area (Å²) < 4.78 is 43.7. The molecule has 3 aromatic rings. The number of aromatic carboxylic acids is 1. The Morgan fingerprint density at radius 3 is 2.47 bits per heavy atom. The maximum atomic E-state index is 12.8. The molecule has 1 aliphatic rings. The van der Waals surface area contributed by atoms with Crippen molar-refractivity contribution >= 4 is 35.8 Å². The van der Waals surface area contributed by atoms with Crippen LogP contribution < -0.4 is 15.4 Å². The number of ketones is 1. The molecular formula is C26H26ClF3N4O4. The fraction of sp³-hybridized carbons (Fsp3) is 0.308. The number of aromatic nitrogens is 2. The number of nitrogens with two attached hydrogens (primary N) is 1. The number of halogens is 4. The smallest absolute Gasteiger partial charge is 0.455 e. The Morgan fingerprint density at radius 2 is 1.82 bits per heavy atom. The van der Waals surface area contributed by atoms with Gasteiger partial charge in [-0.05, 0) is 61.6 Å². The van der Waals surface area contributed by atoms with E-state index in [9.17, 15) is 27.9 Å². The van der Waals surface area contributed by atoms with E-state index in [1.165, 1.54) is 12.1 Å². The lowest BCUT2D eigenvalue weighted by molar-refractivity contribution is -0.0884. The van der Waals surface area contributed by atoms with Crippen molar-refractivity contribution < 1.29 is 32.6 Å².